The molecule has 0 bridgehead atoms. The van der Waals surface area contributed by atoms with Crippen molar-refractivity contribution in [1.29, 1.82) is 0 Å². The Labute approximate surface area is 125 Å². The standard InChI is InChI=1S/C14H12ClN3O3/c15-8-1-4-10(5-2-8)17-14(21)18-12-6-3-9(16)7-11(12)13(19)20/h1-7H,16H2,(H,19,20)(H2,17,18,21). The van der Waals surface area contributed by atoms with Crippen LogP contribution in [0.1, 0.15) is 10.4 Å². The van der Waals surface area contributed by atoms with E-state index in [1.54, 1.807) is 24.3 Å². The number of anilines is 3. The van der Waals surface area contributed by atoms with Gasteiger partial charge in [0.15, 0.2) is 0 Å². The molecule has 6 nitrogen and oxygen atoms in total. The number of hydrogen-bond acceptors (Lipinski definition) is 3. The molecular weight excluding hydrogens is 294 g/mol. The van der Waals surface area contributed by atoms with Crippen LogP contribution in [0.2, 0.25) is 5.02 Å². The van der Waals surface area contributed by atoms with Crippen LogP contribution in [0.25, 0.3) is 0 Å². The van der Waals surface area contributed by atoms with Crippen LogP contribution in [0, 0.1) is 0 Å². The molecule has 2 aromatic carbocycles. The molecule has 108 valence electrons. The Hall–Kier alpha value is -2.73. The van der Waals surface area contributed by atoms with E-state index in [4.69, 9.17) is 22.4 Å². The van der Waals surface area contributed by atoms with Gasteiger partial charge >= 0.3 is 12.0 Å². The van der Waals surface area contributed by atoms with Crippen LogP contribution in [0.3, 0.4) is 0 Å². The van der Waals surface area contributed by atoms with Crippen molar-refractivity contribution < 1.29 is 14.7 Å². The molecule has 0 heterocycles. The second kappa shape index (κ2) is 6.15. The molecule has 0 spiro atoms. The van der Waals surface area contributed by atoms with Crippen LogP contribution < -0.4 is 16.4 Å². The van der Waals surface area contributed by atoms with Crippen molar-refractivity contribution in [2.24, 2.45) is 0 Å². The van der Waals surface area contributed by atoms with Crippen LogP contribution in [0.5, 0.6) is 0 Å². The average molecular weight is 306 g/mol. The van der Waals surface area contributed by atoms with Gasteiger partial charge in [-0.2, -0.15) is 0 Å². The number of amides is 2. The van der Waals surface area contributed by atoms with Crippen molar-refractivity contribution in [3.05, 3.63) is 53.1 Å². The highest BCUT2D eigenvalue weighted by Crippen LogP contribution is 2.20. The van der Waals surface area contributed by atoms with E-state index in [1.165, 1.54) is 18.2 Å². The number of carboxylic acid groups (broad SMARTS) is 1. The largest absolute Gasteiger partial charge is 0.478 e. The summed E-state index contributed by atoms with van der Waals surface area (Å²) in [5, 5.41) is 14.7. The first kappa shape index (κ1) is 14.7. The highest BCUT2D eigenvalue weighted by atomic mass is 35.5. The Balaban J connectivity index is 2.12. The summed E-state index contributed by atoms with van der Waals surface area (Å²) in [7, 11) is 0. The van der Waals surface area contributed by atoms with Gasteiger partial charge in [-0.25, -0.2) is 9.59 Å². The third-order valence-electron chi connectivity index (χ3n) is 2.62. The molecule has 2 amide bonds. The lowest BCUT2D eigenvalue weighted by Gasteiger charge is -2.10. The highest BCUT2D eigenvalue weighted by molar-refractivity contribution is 6.30. The third kappa shape index (κ3) is 3.87. The molecule has 2 aromatic rings. The van der Waals surface area contributed by atoms with E-state index >= 15 is 0 Å². The summed E-state index contributed by atoms with van der Waals surface area (Å²) in [6.45, 7) is 0. The predicted octanol–water partition coefficient (Wildman–Crippen LogP) is 3.26. The summed E-state index contributed by atoms with van der Waals surface area (Å²) < 4.78 is 0. The minimum Gasteiger partial charge on any atom is -0.478 e. The van der Waals surface area contributed by atoms with Gasteiger partial charge in [0.2, 0.25) is 0 Å². The molecule has 0 aromatic heterocycles. The van der Waals surface area contributed by atoms with Gasteiger partial charge in [-0.1, -0.05) is 11.6 Å². The molecule has 0 unspecified atom stereocenters. The van der Waals surface area contributed by atoms with Crippen molar-refractivity contribution in [2.75, 3.05) is 16.4 Å². The average Bonchev–Trinajstić information content (AvgIpc) is 2.43. The van der Waals surface area contributed by atoms with E-state index in [0.717, 1.165) is 0 Å². The van der Waals surface area contributed by atoms with Gasteiger partial charge in [0, 0.05) is 16.4 Å². The van der Waals surface area contributed by atoms with Gasteiger partial charge in [0.25, 0.3) is 0 Å². The monoisotopic (exact) mass is 305 g/mol. The van der Waals surface area contributed by atoms with E-state index in [2.05, 4.69) is 10.6 Å². The molecule has 0 aliphatic heterocycles. The number of nitrogens with two attached hydrogens (primary N) is 1. The Morgan fingerprint density at radius 3 is 2.33 bits per heavy atom. The van der Waals surface area contributed by atoms with Gasteiger partial charge in [-0.15, -0.1) is 0 Å². The first-order valence-electron chi connectivity index (χ1n) is 5.92. The molecule has 0 fully saturated rings. The van der Waals surface area contributed by atoms with E-state index in [0.29, 0.717) is 16.4 Å². The summed E-state index contributed by atoms with van der Waals surface area (Å²) in [4.78, 5) is 23.0. The first-order valence-corrected chi connectivity index (χ1v) is 6.30. The van der Waals surface area contributed by atoms with Crippen LogP contribution in [0.15, 0.2) is 42.5 Å². The number of carbonyl (C=O) groups is 2. The van der Waals surface area contributed by atoms with Crippen LogP contribution in [0.4, 0.5) is 21.9 Å². The molecule has 0 aliphatic rings. The molecular formula is C14H12ClN3O3. The SMILES string of the molecule is Nc1ccc(NC(=O)Nc2ccc(Cl)cc2)c(C(=O)O)c1. The molecule has 0 atom stereocenters. The van der Waals surface area contributed by atoms with E-state index in [1.807, 2.05) is 0 Å². The summed E-state index contributed by atoms with van der Waals surface area (Å²) in [6.07, 6.45) is 0. The minimum atomic E-state index is -1.18. The second-order valence-electron chi connectivity index (χ2n) is 4.20. The lowest BCUT2D eigenvalue weighted by Crippen LogP contribution is -2.21. The molecule has 21 heavy (non-hydrogen) atoms. The second-order valence-corrected chi connectivity index (χ2v) is 4.63. The predicted molar refractivity (Wildman–Crippen MR) is 81.9 cm³/mol. The van der Waals surface area contributed by atoms with Crippen LogP contribution >= 0.6 is 11.6 Å². The minimum absolute atomic E-state index is 0.0822. The summed E-state index contributed by atoms with van der Waals surface area (Å²) in [6, 6.07) is 10.2. The number of hydrogen-bond donors (Lipinski definition) is 4. The van der Waals surface area contributed by atoms with Gasteiger partial charge in [-0.05, 0) is 42.5 Å². The molecule has 0 saturated heterocycles. The number of rotatable bonds is 3. The van der Waals surface area contributed by atoms with Gasteiger partial charge in [0.1, 0.15) is 0 Å². The van der Waals surface area contributed by atoms with Gasteiger partial charge < -0.3 is 21.5 Å². The Kier molecular flexibility index (Phi) is 4.30. The topological polar surface area (TPSA) is 104 Å². The summed E-state index contributed by atoms with van der Waals surface area (Å²) in [5.74, 6) is -1.18. The number of aromatic carboxylic acids is 1. The Morgan fingerprint density at radius 1 is 1.05 bits per heavy atom. The fourth-order valence-electron chi connectivity index (χ4n) is 1.67. The smallest absolute Gasteiger partial charge is 0.337 e. The first-order chi connectivity index (χ1) is 9.95. The van der Waals surface area contributed by atoms with Crippen molar-refractivity contribution in [2.45, 2.75) is 0 Å². The zero-order valence-electron chi connectivity index (χ0n) is 10.8. The number of urea groups is 1. The zero-order valence-corrected chi connectivity index (χ0v) is 11.5. The summed E-state index contributed by atoms with van der Waals surface area (Å²) in [5.41, 5.74) is 6.44. The number of halogens is 1. The van der Waals surface area contributed by atoms with Crippen molar-refractivity contribution in [1.82, 2.24) is 0 Å². The number of carbonyl (C=O) groups excluding carboxylic acids is 1. The molecule has 0 aliphatic carbocycles. The number of benzene rings is 2. The normalized spacial score (nSPS) is 9.95. The fraction of sp³-hybridized carbons (Fsp3) is 0. The van der Waals surface area contributed by atoms with E-state index < -0.39 is 12.0 Å². The van der Waals surface area contributed by atoms with Crippen molar-refractivity contribution >= 4 is 40.7 Å². The highest BCUT2D eigenvalue weighted by Gasteiger charge is 2.13. The van der Waals surface area contributed by atoms with Crippen molar-refractivity contribution in [3.63, 3.8) is 0 Å². The maximum Gasteiger partial charge on any atom is 0.337 e. The van der Waals surface area contributed by atoms with E-state index in [-0.39, 0.29) is 11.3 Å². The molecule has 7 heteroatoms. The quantitative estimate of drug-likeness (QED) is 0.653. The number of nitrogens with one attached hydrogen (secondary N) is 2. The molecule has 2 rings (SSSR count). The number of carboxylic acids is 1. The van der Waals surface area contributed by atoms with Gasteiger partial charge in [0.05, 0.1) is 11.3 Å². The van der Waals surface area contributed by atoms with E-state index in [9.17, 15) is 9.59 Å². The summed E-state index contributed by atoms with van der Waals surface area (Å²) >= 11 is 5.74. The molecule has 0 radical (unpaired) electrons. The Bertz CT molecular complexity index is 686. The lowest BCUT2D eigenvalue weighted by atomic mass is 10.1. The third-order valence-corrected chi connectivity index (χ3v) is 2.88. The Morgan fingerprint density at radius 2 is 1.71 bits per heavy atom. The number of nitrogen functional groups attached to an aromatic ring is 1. The molecule has 0 saturated carbocycles. The molecule has 5 N–H and O–H groups in total. The van der Waals surface area contributed by atoms with Crippen LogP contribution in [-0.2, 0) is 0 Å². The van der Waals surface area contributed by atoms with Gasteiger partial charge in [-0.3, -0.25) is 0 Å². The fourth-order valence-corrected chi connectivity index (χ4v) is 1.79. The lowest BCUT2D eigenvalue weighted by molar-refractivity contribution is 0.0698. The maximum absolute atomic E-state index is 11.8. The zero-order chi connectivity index (χ0) is 15.4. The maximum atomic E-state index is 11.8. The van der Waals surface area contributed by atoms with Crippen molar-refractivity contribution in [3.8, 4) is 0 Å². The van der Waals surface area contributed by atoms with Crippen LogP contribution in [-0.4, -0.2) is 17.1 Å².